The maximum atomic E-state index is 12.2. The van der Waals surface area contributed by atoms with Gasteiger partial charge in [-0.05, 0) is 36.6 Å². The summed E-state index contributed by atoms with van der Waals surface area (Å²) < 4.78 is 1.06. The molecule has 2 atom stereocenters. The highest BCUT2D eigenvalue weighted by molar-refractivity contribution is 9.10. The fourth-order valence-corrected chi connectivity index (χ4v) is 2.79. The van der Waals surface area contributed by atoms with Crippen LogP contribution in [0.2, 0.25) is 0 Å². The number of carbonyl (C=O) groups excluding carboxylic acids is 1. The van der Waals surface area contributed by atoms with E-state index in [1.807, 2.05) is 49.4 Å². The first-order chi connectivity index (χ1) is 11.1. The summed E-state index contributed by atoms with van der Waals surface area (Å²) in [6.07, 6.45) is 0.934. The summed E-state index contributed by atoms with van der Waals surface area (Å²) in [6, 6.07) is 18.4. The molecule has 0 bridgehead atoms. The Balaban J connectivity index is 1.86. The zero-order chi connectivity index (χ0) is 16.7. The second-order valence-corrected chi connectivity index (χ2v) is 6.51. The Bertz CT molecular complexity index is 613. The molecule has 0 radical (unpaired) electrons. The average Bonchev–Trinajstić information content (AvgIpc) is 2.57. The third-order valence-corrected chi connectivity index (χ3v) is 4.40. The van der Waals surface area contributed by atoms with Gasteiger partial charge in [0.25, 0.3) is 0 Å². The maximum Gasteiger partial charge on any atom is 0.234 e. The van der Waals surface area contributed by atoms with Gasteiger partial charge in [-0.25, -0.2) is 0 Å². The van der Waals surface area contributed by atoms with Crippen molar-refractivity contribution in [2.45, 2.75) is 32.4 Å². The second kappa shape index (κ2) is 8.85. The van der Waals surface area contributed by atoms with Crippen LogP contribution >= 0.6 is 15.9 Å². The Morgan fingerprint density at radius 3 is 2.30 bits per heavy atom. The standard InChI is InChI=1S/C19H23BrN2O/c1-3-18(16-9-11-17(20)12-10-16)21-13-19(23)22-14(2)15-7-5-4-6-8-15/h4-12,14,18,21H,3,13H2,1-2H3,(H,22,23)/t14-,18-/m0/s1. The molecular weight excluding hydrogens is 352 g/mol. The van der Waals surface area contributed by atoms with Crippen LogP contribution in [-0.4, -0.2) is 12.5 Å². The molecule has 1 amide bonds. The Morgan fingerprint density at radius 2 is 1.70 bits per heavy atom. The van der Waals surface area contributed by atoms with Crippen LogP contribution in [0.3, 0.4) is 0 Å². The molecule has 122 valence electrons. The molecule has 2 rings (SSSR count). The molecule has 2 aromatic carbocycles. The van der Waals surface area contributed by atoms with Gasteiger partial charge in [0.05, 0.1) is 12.6 Å². The summed E-state index contributed by atoms with van der Waals surface area (Å²) in [5, 5.41) is 6.36. The zero-order valence-electron chi connectivity index (χ0n) is 13.6. The molecule has 2 aromatic rings. The first-order valence-electron chi connectivity index (χ1n) is 7.93. The van der Waals surface area contributed by atoms with Crippen molar-refractivity contribution in [1.29, 1.82) is 0 Å². The number of hydrogen-bond donors (Lipinski definition) is 2. The molecule has 4 heteroatoms. The van der Waals surface area contributed by atoms with Crippen molar-refractivity contribution in [2.24, 2.45) is 0 Å². The van der Waals surface area contributed by atoms with Crippen molar-refractivity contribution < 1.29 is 4.79 Å². The maximum absolute atomic E-state index is 12.2. The topological polar surface area (TPSA) is 41.1 Å². The molecule has 0 aliphatic rings. The largest absolute Gasteiger partial charge is 0.348 e. The minimum atomic E-state index is 0.0110. The summed E-state index contributed by atoms with van der Waals surface area (Å²) in [4.78, 5) is 12.2. The van der Waals surface area contributed by atoms with Gasteiger partial charge in [-0.2, -0.15) is 0 Å². The number of amides is 1. The van der Waals surface area contributed by atoms with Gasteiger partial charge in [-0.3, -0.25) is 4.79 Å². The van der Waals surface area contributed by atoms with E-state index in [2.05, 4.69) is 45.6 Å². The molecule has 2 N–H and O–H groups in total. The van der Waals surface area contributed by atoms with E-state index in [-0.39, 0.29) is 18.0 Å². The molecule has 0 unspecified atom stereocenters. The lowest BCUT2D eigenvalue weighted by molar-refractivity contribution is -0.121. The predicted octanol–water partition coefficient (Wildman–Crippen LogP) is 4.37. The molecular formula is C19H23BrN2O. The monoisotopic (exact) mass is 374 g/mol. The number of carbonyl (C=O) groups is 1. The van der Waals surface area contributed by atoms with Gasteiger partial charge in [0.2, 0.25) is 5.91 Å². The van der Waals surface area contributed by atoms with E-state index in [0.717, 1.165) is 16.5 Å². The normalized spacial score (nSPS) is 13.3. The second-order valence-electron chi connectivity index (χ2n) is 5.59. The highest BCUT2D eigenvalue weighted by atomic mass is 79.9. The molecule has 3 nitrogen and oxygen atoms in total. The Morgan fingerprint density at radius 1 is 1.04 bits per heavy atom. The average molecular weight is 375 g/mol. The van der Waals surface area contributed by atoms with Crippen LogP contribution in [0.1, 0.15) is 43.5 Å². The van der Waals surface area contributed by atoms with Crippen LogP contribution < -0.4 is 10.6 Å². The van der Waals surface area contributed by atoms with Gasteiger partial charge in [0, 0.05) is 10.5 Å². The zero-order valence-corrected chi connectivity index (χ0v) is 15.1. The van der Waals surface area contributed by atoms with E-state index in [1.54, 1.807) is 0 Å². The van der Waals surface area contributed by atoms with Gasteiger partial charge in [-0.15, -0.1) is 0 Å². The van der Waals surface area contributed by atoms with Crippen LogP contribution in [0.15, 0.2) is 59.1 Å². The summed E-state index contributed by atoms with van der Waals surface area (Å²) >= 11 is 3.44. The van der Waals surface area contributed by atoms with Crippen LogP contribution in [0.5, 0.6) is 0 Å². The van der Waals surface area contributed by atoms with Crippen molar-refractivity contribution in [1.82, 2.24) is 10.6 Å². The smallest absolute Gasteiger partial charge is 0.234 e. The minimum Gasteiger partial charge on any atom is -0.348 e. The summed E-state index contributed by atoms with van der Waals surface area (Å²) in [7, 11) is 0. The third kappa shape index (κ3) is 5.48. The van der Waals surface area contributed by atoms with E-state index >= 15 is 0 Å². The molecule has 0 heterocycles. The van der Waals surface area contributed by atoms with Crippen molar-refractivity contribution in [3.8, 4) is 0 Å². The Kier molecular flexibility index (Phi) is 6.81. The van der Waals surface area contributed by atoms with Crippen molar-refractivity contribution in [3.63, 3.8) is 0 Å². The highest BCUT2D eigenvalue weighted by Crippen LogP contribution is 2.19. The number of halogens is 1. The summed E-state index contributed by atoms with van der Waals surface area (Å²) in [5.41, 5.74) is 2.31. The molecule has 0 aliphatic heterocycles. The van der Waals surface area contributed by atoms with Gasteiger partial charge in [-0.1, -0.05) is 65.3 Å². The van der Waals surface area contributed by atoms with Crippen LogP contribution in [0, 0.1) is 0 Å². The van der Waals surface area contributed by atoms with E-state index in [4.69, 9.17) is 0 Å². The molecule has 0 saturated heterocycles. The van der Waals surface area contributed by atoms with E-state index in [0.29, 0.717) is 6.54 Å². The molecule has 0 aromatic heterocycles. The Labute approximate surface area is 146 Å². The number of nitrogens with one attached hydrogen (secondary N) is 2. The summed E-state index contributed by atoms with van der Waals surface area (Å²) in [5.74, 6) is 0.0110. The molecule has 0 saturated carbocycles. The summed E-state index contributed by atoms with van der Waals surface area (Å²) in [6.45, 7) is 4.43. The lowest BCUT2D eigenvalue weighted by Gasteiger charge is -2.19. The van der Waals surface area contributed by atoms with Crippen LogP contribution in [0.25, 0.3) is 0 Å². The quantitative estimate of drug-likeness (QED) is 0.755. The van der Waals surface area contributed by atoms with E-state index < -0.39 is 0 Å². The lowest BCUT2D eigenvalue weighted by atomic mass is 10.0. The van der Waals surface area contributed by atoms with Crippen molar-refractivity contribution >= 4 is 21.8 Å². The number of rotatable bonds is 7. The Hall–Kier alpha value is -1.65. The van der Waals surface area contributed by atoms with Crippen LogP contribution in [0.4, 0.5) is 0 Å². The molecule has 0 spiro atoms. The van der Waals surface area contributed by atoms with E-state index in [9.17, 15) is 4.79 Å². The third-order valence-electron chi connectivity index (χ3n) is 3.87. The van der Waals surface area contributed by atoms with Crippen molar-refractivity contribution in [3.05, 3.63) is 70.2 Å². The lowest BCUT2D eigenvalue weighted by Crippen LogP contribution is -2.36. The van der Waals surface area contributed by atoms with Crippen LogP contribution in [-0.2, 0) is 4.79 Å². The molecule has 0 fully saturated rings. The minimum absolute atomic E-state index is 0.0110. The fraction of sp³-hybridized carbons (Fsp3) is 0.316. The van der Waals surface area contributed by atoms with Gasteiger partial charge < -0.3 is 10.6 Å². The van der Waals surface area contributed by atoms with Gasteiger partial charge in [0.15, 0.2) is 0 Å². The molecule has 0 aliphatic carbocycles. The first-order valence-corrected chi connectivity index (χ1v) is 8.72. The number of hydrogen-bond acceptors (Lipinski definition) is 2. The van der Waals surface area contributed by atoms with Crippen molar-refractivity contribution in [2.75, 3.05) is 6.54 Å². The van der Waals surface area contributed by atoms with Gasteiger partial charge in [0.1, 0.15) is 0 Å². The SMILES string of the molecule is CC[C@H](NCC(=O)N[C@@H](C)c1ccccc1)c1ccc(Br)cc1. The van der Waals surface area contributed by atoms with Gasteiger partial charge >= 0.3 is 0 Å². The first kappa shape index (κ1) is 17.7. The van der Waals surface area contributed by atoms with E-state index in [1.165, 1.54) is 5.56 Å². The fourth-order valence-electron chi connectivity index (χ4n) is 2.53. The predicted molar refractivity (Wildman–Crippen MR) is 98.2 cm³/mol. The highest BCUT2D eigenvalue weighted by Gasteiger charge is 2.13. The number of benzene rings is 2. The molecule has 23 heavy (non-hydrogen) atoms.